The largest absolute Gasteiger partial charge is 0.496 e. The summed E-state index contributed by atoms with van der Waals surface area (Å²) in [6.45, 7) is 5.82. The fraction of sp³-hybridized carbons (Fsp3) is 0.571. The molecule has 4 nitrogen and oxygen atoms in total. The first-order valence-electron chi connectivity index (χ1n) is 6.35. The molecule has 1 heterocycles. The molecular weight excluding hydrogens is 262 g/mol. The Bertz CT molecular complexity index is 578. The summed E-state index contributed by atoms with van der Waals surface area (Å²) in [5, 5.41) is 3.41. The first-order chi connectivity index (χ1) is 8.72. The van der Waals surface area contributed by atoms with Crippen molar-refractivity contribution in [3.8, 4) is 5.75 Å². The van der Waals surface area contributed by atoms with Crippen LogP contribution in [0.2, 0.25) is 0 Å². The Morgan fingerprint density at radius 2 is 2.05 bits per heavy atom. The summed E-state index contributed by atoms with van der Waals surface area (Å²) < 4.78 is 29.5. The smallest absolute Gasteiger partial charge is 0.153 e. The minimum Gasteiger partial charge on any atom is -0.496 e. The van der Waals surface area contributed by atoms with Gasteiger partial charge in [-0.3, -0.25) is 0 Å². The number of aryl methyl sites for hydroxylation is 1. The number of sulfone groups is 1. The molecule has 5 heteroatoms. The molecule has 0 aromatic heterocycles. The van der Waals surface area contributed by atoms with Gasteiger partial charge in [0, 0.05) is 11.1 Å². The molecule has 1 unspecified atom stereocenters. The summed E-state index contributed by atoms with van der Waals surface area (Å²) in [4.78, 5) is 0. The predicted octanol–water partition coefficient (Wildman–Crippen LogP) is 1.84. The summed E-state index contributed by atoms with van der Waals surface area (Å²) in [5.41, 5.74) is 1.59. The Morgan fingerprint density at radius 1 is 1.37 bits per heavy atom. The predicted molar refractivity (Wildman–Crippen MR) is 76.3 cm³/mol. The Kier molecular flexibility index (Phi) is 3.62. The molecule has 1 N–H and O–H groups in total. The van der Waals surface area contributed by atoms with Gasteiger partial charge in [-0.1, -0.05) is 17.7 Å². The van der Waals surface area contributed by atoms with Crippen LogP contribution < -0.4 is 10.1 Å². The quantitative estimate of drug-likeness (QED) is 0.900. The molecule has 106 valence electrons. The third kappa shape index (κ3) is 3.28. The average molecular weight is 283 g/mol. The third-order valence-electron chi connectivity index (χ3n) is 3.33. The third-order valence-corrected chi connectivity index (χ3v) is 5.33. The van der Waals surface area contributed by atoms with E-state index in [-0.39, 0.29) is 17.5 Å². The molecule has 1 aliphatic rings. The number of hydrogen-bond donors (Lipinski definition) is 1. The molecule has 0 radical (unpaired) electrons. The Hall–Kier alpha value is -1.07. The molecule has 1 saturated heterocycles. The van der Waals surface area contributed by atoms with Crippen LogP contribution in [0.5, 0.6) is 5.75 Å². The SMILES string of the molecule is COc1ccc(C)cc1C1CS(=O)(=O)CC(C)(C)N1. The molecule has 0 spiro atoms. The summed E-state index contributed by atoms with van der Waals surface area (Å²) >= 11 is 0. The van der Waals surface area contributed by atoms with E-state index in [1.807, 2.05) is 39.0 Å². The molecule has 1 aromatic carbocycles. The fourth-order valence-electron chi connectivity index (χ4n) is 2.71. The van der Waals surface area contributed by atoms with Crippen molar-refractivity contribution >= 4 is 9.84 Å². The number of ether oxygens (including phenoxy) is 1. The standard InChI is InChI=1S/C14H21NO3S/c1-10-5-6-13(18-4)11(7-10)12-8-19(16,17)9-14(2,3)15-12/h5-7,12,15H,8-9H2,1-4H3. The van der Waals surface area contributed by atoms with Gasteiger partial charge in [0.15, 0.2) is 9.84 Å². The van der Waals surface area contributed by atoms with E-state index in [1.165, 1.54) is 0 Å². The lowest BCUT2D eigenvalue weighted by Gasteiger charge is -2.37. The van der Waals surface area contributed by atoms with Gasteiger partial charge in [0.25, 0.3) is 0 Å². The number of benzene rings is 1. The van der Waals surface area contributed by atoms with E-state index in [4.69, 9.17) is 4.74 Å². The minimum absolute atomic E-state index is 0.121. The number of nitrogens with one attached hydrogen (secondary N) is 1. The number of rotatable bonds is 2. The molecule has 1 aromatic rings. The van der Waals surface area contributed by atoms with Gasteiger partial charge in [-0.15, -0.1) is 0 Å². The van der Waals surface area contributed by atoms with E-state index in [0.717, 1.165) is 16.9 Å². The van der Waals surface area contributed by atoms with Gasteiger partial charge in [0.05, 0.1) is 24.7 Å². The van der Waals surface area contributed by atoms with E-state index in [9.17, 15) is 8.42 Å². The Labute approximate surface area is 115 Å². The van der Waals surface area contributed by atoms with Gasteiger partial charge in [0.2, 0.25) is 0 Å². The zero-order valence-corrected chi connectivity index (χ0v) is 12.7. The van der Waals surface area contributed by atoms with Gasteiger partial charge in [-0.25, -0.2) is 8.42 Å². The summed E-state index contributed by atoms with van der Waals surface area (Å²) in [6, 6.07) is 5.63. The molecule has 1 atom stereocenters. The van der Waals surface area contributed by atoms with E-state index in [0.29, 0.717) is 0 Å². The molecule has 19 heavy (non-hydrogen) atoms. The Balaban J connectivity index is 2.43. The second kappa shape index (κ2) is 4.80. The average Bonchev–Trinajstić information content (AvgIpc) is 2.24. The molecule has 0 aliphatic carbocycles. The first-order valence-corrected chi connectivity index (χ1v) is 8.17. The van der Waals surface area contributed by atoms with Crippen LogP contribution in [-0.4, -0.2) is 32.6 Å². The summed E-state index contributed by atoms with van der Waals surface area (Å²) in [7, 11) is -1.44. The second-order valence-corrected chi connectivity index (χ2v) is 7.99. The molecule has 0 bridgehead atoms. The lowest BCUT2D eigenvalue weighted by atomic mass is 10.00. The normalized spacial score (nSPS) is 24.9. The zero-order chi connectivity index (χ0) is 14.3. The maximum atomic E-state index is 12.1. The molecule has 1 fully saturated rings. The van der Waals surface area contributed by atoms with Crippen molar-refractivity contribution in [2.75, 3.05) is 18.6 Å². The van der Waals surface area contributed by atoms with Crippen molar-refractivity contribution in [3.05, 3.63) is 29.3 Å². The molecule has 0 amide bonds. The molecule has 2 rings (SSSR count). The van der Waals surface area contributed by atoms with Gasteiger partial charge in [-0.05, 0) is 26.8 Å². The highest BCUT2D eigenvalue weighted by atomic mass is 32.2. The summed E-state index contributed by atoms with van der Waals surface area (Å²) in [5.74, 6) is 1.02. The number of methoxy groups -OCH3 is 1. The Morgan fingerprint density at radius 3 is 2.63 bits per heavy atom. The molecule has 1 aliphatic heterocycles. The number of hydrogen-bond acceptors (Lipinski definition) is 4. The van der Waals surface area contributed by atoms with Crippen LogP contribution >= 0.6 is 0 Å². The van der Waals surface area contributed by atoms with Gasteiger partial charge in [0.1, 0.15) is 5.75 Å². The van der Waals surface area contributed by atoms with Crippen molar-refractivity contribution in [3.63, 3.8) is 0 Å². The zero-order valence-electron chi connectivity index (χ0n) is 11.9. The highest BCUT2D eigenvalue weighted by Crippen LogP contribution is 2.32. The maximum absolute atomic E-state index is 12.1. The van der Waals surface area contributed by atoms with Crippen LogP contribution in [-0.2, 0) is 9.84 Å². The van der Waals surface area contributed by atoms with Crippen LogP contribution in [0.4, 0.5) is 0 Å². The first kappa shape index (κ1) is 14.3. The lowest BCUT2D eigenvalue weighted by Crippen LogP contribution is -2.54. The van der Waals surface area contributed by atoms with E-state index < -0.39 is 15.4 Å². The van der Waals surface area contributed by atoms with Crippen LogP contribution in [0, 0.1) is 6.92 Å². The van der Waals surface area contributed by atoms with E-state index >= 15 is 0 Å². The second-order valence-electron chi connectivity index (χ2n) is 5.88. The summed E-state index contributed by atoms with van der Waals surface area (Å²) in [6.07, 6.45) is 0. The highest BCUT2D eigenvalue weighted by Gasteiger charge is 2.37. The topological polar surface area (TPSA) is 55.4 Å². The highest BCUT2D eigenvalue weighted by molar-refractivity contribution is 7.91. The van der Waals surface area contributed by atoms with Gasteiger partial charge in [-0.2, -0.15) is 0 Å². The van der Waals surface area contributed by atoms with E-state index in [1.54, 1.807) is 7.11 Å². The van der Waals surface area contributed by atoms with Crippen LogP contribution in [0.1, 0.15) is 31.0 Å². The van der Waals surface area contributed by atoms with Crippen LogP contribution in [0.15, 0.2) is 18.2 Å². The van der Waals surface area contributed by atoms with Crippen LogP contribution in [0.25, 0.3) is 0 Å². The van der Waals surface area contributed by atoms with Gasteiger partial charge < -0.3 is 10.1 Å². The molecule has 0 saturated carbocycles. The van der Waals surface area contributed by atoms with Crippen molar-refractivity contribution in [1.29, 1.82) is 0 Å². The van der Waals surface area contributed by atoms with Crippen LogP contribution in [0.3, 0.4) is 0 Å². The minimum atomic E-state index is -3.04. The maximum Gasteiger partial charge on any atom is 0.153 e. The fourth-order valence-corrected chi connectivity index (χ4v) is 4.78. The van der Waals surface area contributed by atoms with Crippen molar-refractivity contribution < 1.29 is 13.2 Å². The van der Waals surface area contributed by atoms with Crippen molar-refractivity contribution in [2.24, 2.45) is 0 Å². The van der Waals surface area contributed by atoms with E-state index in [2.05, 4.69) is 5.32 Å². The van der Waals surface area contributed by atoms with Gasteiger partial charge >= 0.3 is 0 Å². The molecular formula is C14H21NO3S. The van der Waals surface area contributed by atoms with Crippen molar-refractivity contribution in [1.82, 2.24) is 5.32 Å². The van der Waals surface area contributed by atoms with Crippen molar-refractivity contribution in [2.45, 2.75) is 32.4 Å². The monoisotopic (exact) mass is 283 g/mol. The lowest BCUT2D eigenvalue weighted by molar-refractivity contribution is 0.346.